The highest BCUT2D eigenvalue weighted by Gasteiger charge is 2.21. The van der Waals surface area contributed by atoms with Crippen molar-refractivity contribution in [2.75, 3.05) is 0 Å². The number of hydrogen-bond donors (Lipinski definition) is 1. The van der Waals surface area contributed by atoms with E-state index in [9.17, 15) is 5.26 Å². The Bertz CT molecular complexity index is 913. The van der Waals surface area contributed by atoms with Crippen LogP contribution >= 0.6 is 0 Å². The predicted molar refractivity (Wildman–Crippen MR) is 90.5 cm³/mol. The fourth-order valence-corrected chi connectivity index (χ4v) is 3.37. The molecule has 0 saturated heterocycles. The van der Waals surface area contributed by atoms with Crippen LogP contribution in [0.25, 0.3) is 5.52 Å². The quantitative estimate of drug-likeness (QED) is 0.799. The van der Waals surface area contributed by atoms with Crippen molar-refractivity contribution in [2.24, 2.45) is 0 Å². The molecular weight excluding hydrogens is 300 g/mol. The Morgan fingerprint density at radius 3 is 3.17 bits per heavy atom. The molecule has 0 fully saturated rings. The number of hydrogen-bond acceptors (Lipinski definition) is 4. The molecule has 1 aliphatic heterocycles. The van der Waals surface area contributed by atoms with Crippen molar-refractivity contribution in [3.8, 4) is 6.07 Å². The van der Waals surface area contributed by atoms with Crippen LogP contribution in [0.1, 0.15) is 36.1 Å². The highest BCUT2D eigenvalue weighted by atomic mass is 15.4. The van der Waals surface area contributed by atoms with Gasteiger partial charge in [0.2, 0.25) is 0 Å². The summed E-state index contributed by atoms with van der Waals surface area (Å²) in [6.07, 6.45) is 6.90. The summed E-state index contributed by atoms with van der Waals surface area (Å²) >= 11 is 0. The maximum atomic E-state index is 9.49. The highest BCUT2D eigenvalue weighted by molar-refractivity contribution is 5.65. The van der Waals surface area contributed by atoms with E-state index in [1.807, 2.05) is 39.7 Å². The van der Waals surface area contributed by atoms with Crippen LogP contribution in [0, 0.1) is 11.3 Å². The third kappa shape index (κ3) is 2.57. The van der Waals surface area contributed by atoms with E-state index >= 15 is 0 Å². The number of nitrogens with zero attached hydrogens (tertiary/aromatic N) is 5. The lowest BCUT2D eigenvalue weighted by molar-refractivity contribution is 0.357. The summed E-state index contributed by atoms with van der Waals surface area (Å²) in [5.41, 5.74) is 2.77. The van der Waals surface area contributed by atoms with Gasteiger partial charge in [-0.25, -0.2) is 9.67 Å². The zero-order valence-electron chi connectivity index (χ0n) is 13.7. The fraction of sp³-hybridized carbons (Fsp3) is 0.389. The van der Waals surface area contributed by atoms with E-state index < -0.39 is 0 Å². The second kappa shape index (κ2) is 6.10. The van der Waals surface area contributed by atoms with Gasteiger partial charge in [0.1, 0.15) is 11.9 Å². The van der Waals surface area contributed by atoms with Gasteiger partial charge < -0.3 is 9.72 Å². The topological polar surface area (TPSA) is 70.9 Å². The van der Waals surface area contributed by atoms with Crippen molar-refractivity contribution in [2.45, 2.75) is 45.3 Å². The Kier molecular flexibility index (Phi) is 3.79. The molecule has 0 saturated carbocycles. The van der Waals surface area contributed by atoms with Crippen LogP contribution in [0.15, 0.2) is 30.6 Å². The average Bonchev–Trinajstić information content (AvgIpc) is 3.19. The van der Waals surface area contributed by atoms with E-state index in [0.29, 0.717) is 12.6 Å². The van der Waals surface area contributed by atoms with Gasteiger partial charge in [-0.2, -0.15) is 10.4 Å². The number of nitrogens with one attached hydrogen (secondary N) is 1. The number of rotatable bonds is 4. The minimum Gasteiger partial charge on any atom is -0.322 e. The minimum absolute atomic E-state index is 0.360. The smallest absolute Gasteiger partial charge is 0.150 e. The largest absolute Gasteiger partial charge is 0.322 e. The molecule has 4 rings (SSSR count). The lowest BCUT2D eigenvalue weighted by Crippen LogP contribution is -2.37. The first-order valence-corrected chi connectivity index (χ1v) is 8.43. The molecule has 0 bridgehead atoms. The highest BCUT2D eigenvalue weighted by Crippen LogP contribution is 2.19. The van der Waals surface area contributed by atoms with Gasteiger partial charge in [-0.1, -0.05) is 13.0 Å². The molecule has 0 spiro atoms. The van der Waals surface area contributed by atoms with Crippen molar-refractivity contribution < 1.29 is 0 Å². The van der Waals surface area contributed by atoms with Gasteiger partial charge in [0.15, 0.2) is 5.82 Å². The number of pyridine rings is 1. The fourth-order valence-electron chi connectivity index (χ4n) is 3.37. The molecule has 1 N–H and O–H groups in total. The zero-order chi connectivity index (χ0) is 16.5. The summed E-state index contributed by atoms with van der Waals surface area (Å²) in [4.78, 5) is 4.56. The van der Waals surface area contributed by atoms with Crippen LogP contribution in [0.4, 0.5) is 0 Å². The van der Waals surface area contributed by atoms with E-state index in [1.54, 1.807) is 0 Å². The van der Waals surface area contributed by atoms with Crippen molar-refractivity contribution in [1.29, 1.82) is 5.26 Å². The summed E-state index contributed by atoms with van der Waals surface area (Å²) in [6.45, 7) is 3.62. The van der Waals surface area contributed by atoms with Crippen LogP contribution < -0.4 is 5.32 Å². The molecule has 0 radical (unpaired) electrons. The molecular formula is C18H20N6. The van der Waals surface area contributed by atoms with Crippen molar-refractivity contribution in [1.82, 2.24) is 24.5 Å². The molecule has 0 aliphatic carbocycles. The van der Waals surface area contributed by atoms with Crippen molar-refractivity contribution >= 4 is 5.52 Å². The second-order valence-corrected chi connectivity index (χ2v) is 6.23. The molecule has 122 valence electrons. The Morgan fingerprint density at radius 2 is 2.33 bits per heavy atom. The Labute approximate surface area is 140 Å². The standard InChI is InChI=1S/C18H20N6/c1-2-17-21-18-7-6-14(12-24(18)22-17)20-10-13-11-23-8-4-3-5-16(23)15(13)9-19/h3-5,8,11,14,20H,2,6-7,10,12H2,1H3. The van der Waals surface area contributed by atoms with Gasteiger partial charge in [0.05, 0.1) is 17.6 Å². The zero-order valence-corrected chi connectivity index (χ0v) is 13.7. The van der Waals surface area contributed by atoms with Gasteiger partial charge in [-0.05, 0) is 18.6 Å². The van der Waals surface area contributed by atoms with Crippen molar-refractivity contribution in [3.05, 3.63) is 53.4 Å². The van der Waals surface area contributed by atoms with Crippen molar-refractivity contribution in [3.63, 3.8) is 0 Å². The molecule has 4 heterocycles. The molecule has 3 aromatic heterocycles. The first kappa shape index (κ1) is 14.9. The predicted octanol–water partition coefficient (Wildman–Crippen LogP) is 2.07. The molecule has 0 amide bonds. The molecule has 6 heteroatoms. The van der Waals surface area contributed by atoms with Crippen LogP contribution in [0.5, 0.6) is 0 Å². The maximum absolute atomic E-state index is 9.49. The summed E-state index contributed by atoms with van der Waals surface area (Å²) in [5.74, 6) is 2.02. The normalized spacial score (nSPS) is 16.9. The molecule has 1 unspecified atom stereocenters. The van der Waals surface area contributed by atoms with Gasteiger partial charge >= 0.3 is 0 Å². The van der Waals surface area contributed by atoms with E-state index in [1.165, 1.54) is 0 Å². The van der Waals surface area contributed by atoms with E-state index in [2.05, 4.69) is 28.4 Å². The van der Waals surface area contributed by atoms with E-state index in [4.69, 9.17) is 0 Å². The molecule has 24 heavy (non-hydrogen) atoms. The van der Waals surface area contributed by atoms with Gasteiger partial charge in [0, 0.05) is 43.4 Å². The van der Waals surface area contributed by atoms with Crippen LogP contribution in [0.3, 0.4) is 0 Å². The van der Waals surface area contributed by atoms with Crippen LogP contribution in [-0.4, -0.2) is 25.2 Å². The summed E-state index contributed by atoms with van der Waals surface area (Å²) in [5, 5.41) is 17.6. The number of aryl methyl sites for hydroxylation is 2. The first-order chi connectivity index (χ1) is 11.8. The van der Waals surface area contributed by atoms with E-state index in [-0.39, 0.29) is 0 Å². The monoisotopic (exact) mass is 320 g/mol. The Hall–Kier alpha value is -2.65. The number of aromatic nitrogens is 4. The molecule has 3 aromatic rings. The van der Waals surface area contributed by atoms with Gasteiger partial charge in [-0.3, -0.25) is 0 Å². The SMILES string of the molecule is CCc1nc2n(n1)CC(NCc1cn3ccccc3c1C#N)CC2. The Balaban J connectivity index is 1.49. The summed E-state index contributed by atoms with van der Waals surface area (Å²) < 4.78 is 4.04. The van der Waals surface area contributed by atoms with Gasteiger partial charge in [-0.15, -0.1) is 0 Å². The molecule has 6 nitrogen and oxygen atoms in total. The third-order valence-corrected chi connectivity index (χ3v) is 4.67. The minimum atomic E-state index is 0.360. The number of fused-ring (bicyclic) bond motifs is 2. The average molecular weight is 320 g/mol. The lowest BCUT2D eigenvalue weighted by atomic mass is 10.1. The Morgan fingerprint density at radius 1 is 1.42 bits per heavy atom. The summed E-state index contributed by atoms with van der Waals surface area (Å²) in [6, 6.07) is 8.63. The maximum Gasteiger partial charge on any atom is 0.150 e. The third-order valence-electron chi connectivity index (χ3n) is 4.67. The lowest BCUT2D eigenvalue weighted by Gasteiger charge is -2.23. The van der Waals surface area contributed by atoms with Crippen LogP contribution in [0.2, 0.25) is 0 Å². The first-order valence-electron chi connectivity index (χ1n) is 8.43. The summed E-state index contributed by atoms with van der Waals surface area (Å²) in [7, 11) is 0. The van der Waals surface area contributed by atoms with Gasteiger partial charge in [0.25, 0.3) is 0 Å². The van der Waals surface area contributed by atoms with Crippen LogP contribution in [-0.2, 0) is 25.9 Å². The molecule has 1 aliphatic rings. The number of nitriles is 1. The van der Waals surface area contributed by atoms with E-state index in [0.717, 1.165) is 54.1 Å². The molecule has 0 aromatic carbocycles. The molecule has 1 atom stereocenters. The second-order valence-electron chi connectivity index (χ2n) is 6.23.